The first-order valence-corrected chi connectivity index (χ1v) is 20.2. The minimum Gasteiger partial charge on any atom is -0.382 e. The first-order chi connectivity index (χ1) is 28.5. The summed E-state index contributed by atoms with van der Waals surface area (Å²) >= 11 is 0. The Labute approximate surface area is 337 Å². The second kappa shape index (κ2) is 15.7. The molecule has 5 amide bonds. The maximum Gasteiger partial charge on any atom is 0.284 e. The molecule has 2 aliphatic carbocycles. The molecule has 59 heavy (non-hydrogen) atoms. The van der Waals surface area contributed by atoms with Crippen LogP contribution in [0.1, 0.15) is 101 Å². The fraction of sp³-hybridized carbons (Fsp3) is 0.500. The van der Waals surface area contributed by atoms with E-state index in [4.69, 9.17) is 4.74 Å². The van der Waals surface area contributed by atoms with Crippen molar-refractivity contribution in [3.8, 4) is 0 Å². The molecule has 0 spiro atoms. The highest BCUT2D eigenvalue weighted by molar-refractivity contribution is 6.25. The molecule has 3 aromatic heterocycles. The molecule has 4 fully saturated rings. The van der Waals surface area contributed by atoms with Crippen LogP contribution in [0.5, 0.6) is 0 Å². The number of halogens is 2. The molecule has 17 nitrogen and oxygen atoms in total. The van der Waals surface area contributed by atoms with Gasteiger partial charge in [-0.25, -0.2) is 18.3 Å². The van der Waals surface area contributed by atoms with Crippen LogP contribution < -0.4 is 20.9 Å². The number of piperidine rings is 1. The number of ether oxygens (including phenoxy) is 1. The van der Waals surface area contributed by atoms with Crippen LogP contribution in [-0.4, -0.2) is 122 Å². The van der Waals surface area contributed by atoms with Crippen molar-refractivity contribution in [2.45, 2.75) is 82.0 Å². The van der Waals surface area contributed by atoms with E-state index in [9.17, 15) is 32.8 Å². The molecule has 1 unspecified atom stereocenters. The molecule has 19 heteroatoms. The van der Waals surface area contributed by atoms with Gasteiger partial charge in [-0.2, -0.15) is 10.2 Å². The second-order valence-corrected chi connectivity index (χ2v) is 16.1. The topological polar surface area (TPSA) is 188 Å². The van der Waals surface area contributed by atoms with Gasteiger partial charge in [-0.15, -0.1) is 0 Å². The van der Waals surface area contributed by atoms with Crippen molar-refractivity contribution in [1.82, 2.24) is 39.5 Å². The zero-order valence-corrected chi connectivity index (χ0v) is 32.5. The Balaban J connectivity index is 0.774. The molecule has 9 rings (SSSR count). The lowest BCUT2D eigenvalue weighted by Crippen LogP contribution is -2.54. The Morgan fingerprint density at radius 1 is 1.02 bits per heavy atom. The molecule has 6 heterocycles. The van der Waals surface area contributed by atoms with Gasteiger partial charge in [0.2, 0.25) is 11.8 Å². The van der Waals surface area contributed by atoms with Crippen LogP contribution in [0.25, 0.3) is 5.65 Å². The molecular formula is C40H45F2N11O6. The summed E-state index contributed by atoms with van der Waals surface area (Å²) in [6.07, 6.45) is 6.87. The summed E-state index contributed by atoms with van der Waals surface area (Å²) in [5.74, 6) is -1.63. The van der Waals surface area contributed by atoms with Gasteiger partial charge in [-0.3, -0.25) is 38.9 Å². The summed E-state index contributed by atoms with van der Waals surface area (Å²) in [6.45, 7) is 3.36. The lowest BCUT2D eigenvalue weighted by molar-refractivity contribution is -0.136. The monoisotopic (exact) mass is 813 g/mol. The molecule has 1 atom stereocenters. The van der Waals surface area contributed by atoms with Gasteiger partial charge in [0.25, 0.3) is 24.1 Å². The summed E-state index contributed by atoms with van der Waals surface area (Å²) in [5, 5.41) is 16.8. The first kappa shape index (κ1) is 38.7. The molecule has 1 aromatic carbocycles. The van der Waals surface area contributed by atoms with Gasteiger partial charge < -0.3 is 25.2 Å². The average molecular weight is 814 g/mol. The number of alkyl halides is 2. The number of nitrogens with one attached hydrogen (secondary N) is 3. The third kappa shape index (κ3) is 7.41. The number of fused-ring (bicyclic) bond motifs is 2. The molecule has 3 N–H and O–H groups in total. The Bertz CT molecular complexity index is 2310. The van der Waals surface area contributed by atoms with Crippen molar-refractivity contribution in [3.63, 3.8) is 0 Å². The summed E-state index contributed by atoms with van der Waals surface area (Å²) in [7, 11) is 2.10. The zero-order chi connectivity index (χ0) is 40.9. The highest BCUT2D eigenvalue weighted by atomic mass is 19.3. The number of imide groups is 2. The SMILES string of the molecule is CN(CC1CCC(n2cc(NC(=O)c3cnn4ccc(N5CCOCC5)nc34)c(C(F)F)n2)CC1)C1CC(Nc2cccc3c2C(=O)N(C2CCC(=O)NC2=O)C3=O)C1. The number of aromatic nitrogens is 5. The smallest absolute Gasteiger partial charge is 0.284 e. The van der Waals surface area contributed by atoms with E-state index in [0.717, 1.165) is 50.0 Å². The summed E-state index contributed by atoms with van der Waals surface area (Å²) < 4.78 is 37.0. The number of carbonyl (C=O) groups excluding carboxylic acids is 5. The third-order valence-electron chi connectivity index (χ3n) is 12.5. The number of amides is 5. The fourth-order valence-corrected chi connectivity index (χ4v) is 9.10. The van der Waals surface area contributed by atoms with Crippen LogP contribution in [0.2, 0.25) is 0 Å². The molecule has 5 aliphatic rings. The summed E-state index contributed by atoms with van der Waals surface area (Å²) in [4.78, 5) is 74.4. The average Bonchev–Trinajstić information content (AvgIpc) is 3.91. The minimum atomic E-state index is -2.88. The second-order valence-electron chi connectivity index (χ2n) is 16.1. The van der Waals surface area contributed by atoms with E-state index in [2.05, 4.69) is 48.0 Å². The van der Waals surface area contributed by atoms with Crippen LogP contribution in [0.4, 0.5) is 26.0 Å². The van der Waals surface area contributed by atoms with Gasteiger partial charge in [-0.05, 0) is 76.1 Å². The Morgan fingerprint density at radius 2 is 1.80 bits per heavy atom. The number of rotatable bonds is 11. The van der Waals surface area contributed by atoms with E-state index in [0.29, 0.717) is 55.4 Å². The van der Waals surface area contributed by atoms with Gasteiger partial charge in [0.1, 0.15) is 17.4 Å². The first-order valence-electron chi connectivity index (χ1n) is 20.2. The van der Waals surface area contributed by atoms with Gasteiger partial charge in [0.05, 0.1) is 42.3 Å². The number of hydrogen-bond donors (Lipinski definition) is 3. The van der Waals surface area contributed by atoms with Crippen LogP contribution in [-0.2, 0) is 14.3 Å². The Morgan fingerprint density at radius 3 is 2.54 bits per heavy atom. The van der Waals surface area contributed by atoms with Crippen molar-refractivity contribution < 1.29 is 37.5 Å². The van der Waals surface area contributed by atoms with Crippen LogP contribution in [0.15, 0.2) is 42.9 Å². The van der Waals surface area contributed by atoms with Gasteiger partial charge in [-0.1, -0.05) is 6.07 Å². The number of nitrogens with zero attached hydrogens (tertiary/aromatic N) is 8. The highest BCUT2D eigenvalue weighted by Gasteiger charge is 2.46. The van der Waals surface area contributed by atoms with Crippen molar-refractivity contribution in [2.75, 3.05) is 55.4 Å². The molecule has 2 saturated carbocycles. The maximum absolute atomic E-state index is 14.2. The van der Waals surface area contributed by atoms with E-state index < -0.39 is 47.7 Å². The predicted octanol–water partition coefficient (Wildman–Crippen LogP) is 3.66. The Hall–Kier alpha value is -5.82. The van der Waals surface area contributed by atoms with E-state index in [1.165, 1.54) is 16.9 Å². The third-order valence-corrected chi connectivity index (χ3v) is 12.5. The molecule has 2 saturated heterocycles. The van der Waals surface area contributed by atoms with E-state index in [1.54, 1.807) is 29.1 Å². The molecule has 4 aromatic rings. The number of anilines is 3. The quantitative estimate of drug-likeness (QED) is 0.187. The van der Waals surface area contributed by atoms with Crippen LogP contribution in [0.3, 0.4) is 0 Å². The maximum atomic E-state index is 14.2. The van der Waals surface area contributed by atoms with Crippen LogP contribution in [0, 0.1) is 5.92 Å². The molecule has 3 aliphatic heterocycles. The number of benzene rings is 1. The zero-order valence-electron chi connectivity index (χ0n) is 32.5. The fourth-order valence-electron chi connectivity index (χ4n) is 9.10. The van der Waals surface area contributed by atoms with Crippen LogP contribution >= 0.6 is 0 Å². The van der Waals surface area contributed by atoms with Gasteiger partial charge in [0.15, 0.2) is 11.3 Å². The van der Waals surface area contributed by atoms with Crippen molar-refractivity contribution in [2.24, 2.45) is 5.92 Å². The lowest BCUT2D eigenvalue weighted by atomic mass is 9.82. The standard InChI is InChI=1S/C40H45F2N11O6/c1-49(25-17-23(18-25)44-28-4-2-3-26-33(28)40(58)53(39(26)57)30-9-10-32(54)47-38(30)56)20-22-5-7-24(8-6-22)52-21-29(34(48-52)35(41)42)45-37(55)27-19-43-51-12-11-31(46-36(27)51)50-13-15-59-16-14-50/h2-4,11-12,19,21-25,30,35,44H,5-10,13-18,20H2,1H3,(H,45,55)(H,47,54,56). The summed E-state index contributed by atoms with van der Waals surface area (Å²) in [5.41, 5.74) is 1.03. The molecule has 0 bridgehead atoms. The van der Waals surface area contributed by atoms with E-state index in [1.807, 2.05) is 6.07 Å². The molecule has 0 radical (unpaired) electrons. The minimum absolute atomic E-state index is 0.0354. The normalized spacial score (nSPS) is 24.8. The van der Waals surface area contributed by atoms with E-state index in [-0.39, 0.29) is 47.3 Å². The summed E-state index contributed by atoms with van der Waals surface area (Å²) in [6, 6.07) is 6.20. The van der Waals surface area contributed by atoms with Gasteiger partial charge >= 0.3 is 0 Å². The van der Waals surface area contributed by atoms with Crippen molar-refractivity contribution in [1.29, 1.82) is 0 Å². The molecular weight excluding hydrogens is 769 g/mol. The van der Waals surface area contributed by atoms with Gasteiger partial charge in [0, 0.05) is 56.2 Å². The number of carbonyl (C=O) groups is 5. The number of hydrogen-bond acceptors (Lipinski definition) is 12. The largest absolute Gasteiger partial charge is 0.382 e. The Kier molecular flexibility index (Phi) is 10.3. The van der Waals surface area contributed by atoms with Crippen molar-refractivity contribution >= 4 is 52.4 Å². The van der Waals surface area contributed by atoms with E-state index >= 15 is 0 Å². The molecule has 310 valence electrons. The van der Waals surface area contributed by atoms with Crippen molar-refractivity contribution in [3.05, 3.63) is 65.2 Å². The lowest BCUT2D eigenvalue weighted by Gasteiger charge is -2.44. The highest BCUT2D eigenvalue weighted by Crippen LogP contribution is 2.38. The predicted molar refractivity (Wildman–Crippen MR) is 208 cm³/mol. The number of morpholine rings is 1.